The lowest BCUT2D eigenvalue weighted by molar-refractivity contribution is -0.129. The summed E-state index contributed by atoms with van der Waals surface area (Å²) in [5.74, 6) is -0.395. The Bertz CT molecular complexity index is 1030. The van der Waals surface area contributed by atoms with E-state index in [0.717, 1.165) is 24.0 Å². The standard InChI is InChI=1S/C28H31ClN3O2/c1-21(27(33)31-20-24-10-6-3-7-11-24)32-28(34)26(17-14-22-8-4-2-5-9-22)30-19-18-23-12-15-25(29)16-13-23/h2,4-13,15-16,21,26,30H,14,17-20H2,1H3,(H,31,33)(H,32,34)/t21-,26+/m0/s1. The van der Waals surface area contributed by atoms with Crippen LogP contribution in [0.15, 0.2) is 78.9 Å². The third-order valence-electron chi connectivity index (χ3n) is 5.60. The predicted molar refractivity (Wildman–Crippen MR) is 136 cm³/mol. The van der Waals surface area contributed by atoms with Crippen LogP contribution in [0.4, 0.5) is 0 Å². The smallest absolute Gasteiger partial charge is 0.242 e. The van der Waals surface area contributed by atoms with Crippen LogP contribution in [0.1, 0.15) is 30.0 Å². The molecule has 0 aliphatic rings. The predicted octanol–water partition coefficient (Wildman–Crippen LogP) is 4.09. The molecule has 5 nitrogen and oxygen atoms in total. The second-order valence-corrected chi connectivity index (χ2v) is 8.70. The Kier molecular flexibility index (Phi) is 10.1. The first-order valence-electron chi connectivity index (χ1n) is 11.6. The SMILES string of the molecule is C[C@H](NC(=O)[C@@H](CCc1ccccc1)NCCc1ccc(Cl)cc1)C(=O)NCc1cc[c]cc1. The topological polar surface area (TPSA) is 70.2 Å². The van der Waals surface area contributed by atoms with Gasteiger partial charge < -0.3 is 16.0 Å². The summed E-state index contributed by atoms with van der Waals surface area (Å²) in [7, 11) is 0. The number of aryl methyl sites for hydroxylation is 1. The van der Waals surface area contributed by atoms with Gasteiger partial charge in [0, 0.05) is 11.6 Å². The maximum atomic E-state index is 13.1. The molecule has 3 N–H and O–H groups in total. The molecule has 6 heteroatoms. The number of carbonyl (C=O) groups is 2. The van der Waals surface area contributed by atoms with Crippen molar-refractivity contribution < 1.29 is 9.59 Å². The van der Waals surface area contributed by atoms with Gasteiger partial charge in [0.25, 0.3) is 0 Å². The van der Waals surface area contributed by atoms with Crippen LogP contribution in [-0.4, -0.2) is 30.4 Å². The molecule has 3 aromatic carbocycles. The molecule has 0 saturated carbocycles. The van der Waals surface area contributed by atoms with Crippen molar-refractivity contribution in [2.45, 2.75) is 44.8 Å². The van der Waals surface area contributed by atoms with Crippen LogP contribution in [0.5, 0.6) is 0 Å². The van der Waals surface area contributed by atoms with Gasteiger partial charge in [0.05, 0.1) is 6.04 Å². The lowest BCUT2D eigenvalue weighted by atomic mass is 10.0. The van der Waals surface area contributed by atoms with Gasteiger partial charge in [-0.05, 0) is 67.6 Å². The van der Waals surface area contributed by atoms with Crippen LogP contribution >= 0.6 is 11.6 Å². The molecular weight excluding hydrogens is 446 g/mol. The van der Waals surface area contributed by atoms with Gasteiger partial charge in [-0.15, -0.1) is 0 Å². The van der Waals surface area contributed by atoms with Gasteiger partial charge in [0.15, 0.2) is 0 Å². The summed E-state index contributed by atoms with van der Waals surface area (Å²) in [6.07, 6.45) is 2.17. The van der Waals surface area contributed by atoms with E-state index in [1.165, 1.54) is 5.56 Å². The fourth-order valence-electron chi connectivity index (χ4n) is 3.58. The van der Waals surface area contributed by atoms with E-state index in [1.54, 1.807) is 19.1 Å². The van der Waals surface area contributed by atoms with Crippen molar-refractivity contribution in [2.75, 3.05) is 6.54 Å². The average Bonchev–Trinajstić information content (AvgIpc) is 2.86. The van der Waals surface area contributed by atoms with Crippen molar-refractivity contribution >= 4 is 23.4 Å². The molecule has 0 aliphatic heterocycles. The molecule has 3 aromatic rings. The summed E-state index contributed by atoms with van der Waals surface area (Å²) in [5.41, 5.74) is 3.30. The quantitative estimate of drug-likeness (QED) is 0.368. The lowest BCUT2D eigenvalue weighted by Gasteiger charge is -2.21. The normalized spacial score (nSPS) is 12.5. The number of amides is 2. The number of benzene rings is 3. The molecule has 0 aromatic heterocycles. The van der Waals surface area contributed by atoms with Crippen molar-refractivity contribution in [3.8, 4) is 0 Å². The van der Waals surface area contributed by atoms with Crippen LogP contribution in [0.3, 0.4) is 0 Å². The van der Waals surface area contributed by atoms with Gasteiger partial charge in [-0.3, -0.25) is 9.59 Å². The number of nitrogens with one attached hydrogen (secondary N) is 3. The molecule has 0 aliphatic carbocycles. The summed E-state index contributed by atoms with van der Waals surface area (Å²) >= 11 is 5.97. The zero-order chi connectivity index (χ0) is 24.2. The van der Waals surface area contributed by atoms with Gasteiger partial charge in [-0.1, -0.05) is 78.3 Å². The highest BCUT2D eigenvalue weighted by molar-refractivity contribution is 6.30. The van der Waals surface area contributed by atoms with Crippen molar-refractivity contribution in [1.29, 1.82) is 0 Å². The van der Waals surface area contributed by atoms with Gasteiger partial charge in [-0.25, -0.2) is 0 Å². The van der Waals surface area contributed by atoms with Crippen LogP contribution < -0.4 is 16.0 Å². The molecule has 0 bridgehead atoms. The molecule has 0 heterocycles. The highest BCUT2D eigenvalue weighted by Crippen LogP contribution is 2.10. The Balaban J connectivity index is 1.54. The number of carbonyl (C=O) groups excluding carboxylic acids is 2. The van der Waals surface area contributed by atoms with E-state index < -0.39 is 12.1 Å². The Labute approximate surface area is 206 Å². The molecule has 0 saturated heterocycles. The van der Waals surface area contributed by atoms with Crippen LogP contribution in [0.2, 0.25) is 5.02 Å². The van der Waals surface area contributed by atoms with Gasteiger partial charge in [0.2, 0.25) is 11.8 Å². The van der Waals surface area contributed by atoms with E-state index in [2.05, 4.69) is 34.1 Å². The Morgan fingerprint density at radius 1 is 0.853 bits per heavy atom. The minimum atomic E-state index is -0.639. The Hall–Kier alpha value is -3.15. The summed E-state index contributed by atoms with van der Waals surface area (Å²) in [6.45, 7) is 2.75. The molecule has 34 heavy (non-hydrogen) atoms. The second-order valence-electron chi connectivity index (χ2n) is 8.26. The molecular formula is C28H31ClN3O2. The maximum Gasteiger partial charge on any atom is 0.242 e. The lowest BCUT2D eigenvalue weighted by Crippen LogP contribution is -2.52. The monoisotopic (exact) mass is 476 g/mol. The summed E-state index contributed by atoms with van der Waals surface area (Å²) in [6, 6.07) is 27.1. The first-order chi connectivity index (χ1) is 16.5. The fourth-order valence-corrected chi connectivity index (χ4v) is 3.71. The third kappa shape index (κ3) is 8.65. The Morgan fingerprint density at radius 2 is 1.53 bits per heavy atom. The fraction of sp³-hybridized carbons (Fsp3) is 0.286. The van der Waals surface area contributed by atoms with Crippen molar-refractivity contribution in [3.63, 3.8) is 0 Å². The zero-order valence-electron chi connectivity index (χ0n) is 19.4. The third-order valence-corrected chi connectivity index (χ3v) is 5.86. The van der Waals surface area contributed by atoms with E-state index in [4.69, 9.17) is 11.6 Å². The van der Waals surface area contributed by atoms with Crippen LogP contribution in [-0.2, 0) is 29.0 Å². The molecule has 0 fully saturated rings. The molecule has 177 valence electrons. The summed E-state index contributed by atoms with van der Waals surface area (Å²) < 4.78 is 0. The zero-order valence-corrected chi connectivity index (χ0v) is 20.1. The molecule has 3 rings (SSSR count). The van der Waals surface area contributed by atoms with Gasteiger partial charge in [0.1, 0.15) is 6.04 Å². The average molecular weight is 477 g/mol. The van der Waals surface area contributed by atoms with Crippen LogP contribution in [0.25, 0.3) is 0 Å². The van der Waals surface area contributed by atoms with Crippen molar-refractivity contribution in [1.82, 2.24) is 16.0 Å². The first-order valence-corrected chi connectivity index (χ1v) is 11.9. The summed E-state index contributed by atoms with van der Waals surface area (Å²) in [4.78, 5) is 25.6. The first kappa shape index (κ1) is 25.5. The molecule has 2 amide bonds. The number of hydrogen-bond donors (Lipinski definition) is 3. The summed E-state index contributed by atoms with van der Waals surface area (Å²) in [5, 5.41) is 9.82. The molecule has 1 radical (unpaired) electrons. The van der Waals surface area contributed by atoms with Crippen molar-refractivity contribution in [2.24, 2.45) is 0 Å². The van der Waals surface area contributed by atoms with Crippen LogP contribution in [0, 0.1) is 6.07 Å². The maximum absolute atomic E-state index is 13.1. The largest absolute Gasteiger partial charge is 0.350 e. The minimum Gasteiger partial charge on any atom is -0.350 e. The molecule has 2 atom stereocenters. The molecule has 0 unspecified atom stereocenters. The van der Waals surface area contributed by atoms with E-state index in [9.17, 15) is 9.59 Å². The highest BCUT2D eigenvalue weighted by atomic mass is 35.5. The van der Waals surface area contributed by atoms with Gasteiger partial charge >= 0.3 is 0 Å². The Morgan fingerprint density at radius 3 is 2.24 bits per heavy atom. The number of hydrogen-bond acceptors (Lipinski definition) is 3. The van der Waals surface area contributed by atoms with E-state index in [1.807, 2.05) is 54.6 Å². The van der Waals surface area contributed by atoms with Gasteiger partial charge in [-0.2, -0.15) is 0 Å². The number of halogens is 1. The second kappa shape index (κ2) is 13.5. The van der Waals surface area contributed by atoms with E-state index in [-0.39, 0.29) is 11.8 Å². The molecule has 0 spiro atoms. The number of rotatable bonds is 12. The van der Waals surface area contributed by atoms with Crippen molar-refractivity contribution in [3.05, 3.63) is 107 Å². The highest BCUT2D eigenvalue weighted by Gasteiger charge is 2.22. The van der Waals surface area contributed by atoms with E-state index in [0.29, 0.717) is 24.5 Å². The van der Waals surface area contributed by atoms with E-state index >= 15 is 0 Å². The minimum absolute atomic E-state index is 0.177.